The van der Waals surface area contributed by atoms with Crippen molar-refractivity contribution in [2.75, 3.05) is 31.6 Å². The van der Waals surface area contributed by atoms with Crippen LogP contribution in [0.5, 0.6) is 5.75 Å². The van der Waals surface area contributed by atoms with E-state index in [2.05, 4.69) is 9.62 Å². The van der Waals surface area contributed by atoms with Gasteiger partial charge in [-0.15, -0.1) is 0 Å². The lowest BCUT2D eigenvalue weighted by Gasteiger charge is -2.28. The quantitative estimate of drug-likeness (QED) is 0.910. The number of benzene rings is 1. The van der Waals surface area contributed by atoms with E-state index in [1.165, 1.54) is 0 Å². The second-order valence-electron chi connectivity index (χ2n) is 4.75. The molecule has 1 aromatic carbocycles. The maximum absolute atomic E-state index is 12.2. The first-order valence-corrected chi connectivity index (χ1v) is 7.92. The summed E-state index contributed by atoms with van der Waals surface area (Å²) in [4.78, 5) is 2.37. The topological polar surface area (TPSA) is 58.6 Å². The number of fused-ring (bicyclic) bond motifs is 1. The van der Waals surface area contributed by atoms with Crippen LogP contribution in [0.25, 0.3) is 0 Å². The molecule has 1 aromatic rings. The minimum atomic E-state index is -3.45. The molecule has 0 saturated carbocycles. The van der Waals surface area contributed by atoms with Crippen LogP contribution in [-0.2, 0) is 10.0 Å². The molecule has 0 atom stereocenters. The van der Waals surface area contributed by atoms with Crippen LogP contribution in [0, 0.1) is 6.92 Å². The highest BCUT2D eigenvalue weighted by Crippen LogP contribution is 2.35. The van der Waals surface area contributed by atoms with Gasteiger partial charge in [0.25, 0.3) is 0 Å². The molecule has 1 aliphatic heterocycles. The minimum absolute atomic E-state index is 0.301. The Morgan fingerprint density at radius 2 is 2.16 bits per heavy atom. The van der Waals surface area contributed by atoms with Crippen molar-refractivity contribution in [1.29, 1.82) is 0 Å². The molecule has 0 bridgehead atoms. The molecule has 1 N–H and O–H groups in total. The Balaban J connectivity index is 2.43. The molecule has 0 unspecified atom stereocenters. The molecule has 0 amide bonds. The van der Waals surface area contributed by atoms with Gasteiger partial charge in [0.15, 0.2) is 0 Å². The summed E-state index contributed by atoms with van der Waals surface area (Å²) < 4.78 is 32.5. The number of sulfonamides is 1. The highest BCUT2D eigenvalue weighted by Gasteiger charge is 2.22. The second-order valence-corrected chi connectivity index (χ2v) is 6.49. The van der Waals surface area contributed by atoms with Crippen LogP contribution in [0.3, 0.4) is 0 Å². The smallest absolute Gasteiger partial charge is 0.240 e. The summed E-state index contributed by atoms with van der Waals surface area (Å²) in [5.41, 5.74) is 1.68. The average molecular weight is 284 g/mol. The molecule has 1 aliphatic rings. The van der Waals surface area contributed by atoms with E-state index in [1.807, 2.05) is 27.0 Å². The summed E-state index contributed by atoms with van der Waals surface area (Å²) in [6, 6.07) is 3.49. The van der Waals surface area contributed by atoms with Gasteiger partial charge in [-0.05, 0) is 25.0 Å². The first-order chi connectivity index (χ1) is 8.95. The Morgan fingerprint density at radius 3 is 2.84 bits per heavy atom. The predicted octanol–water partition coefficient (Wildman–Crippen LogP) is 1.51. The molecule has 6 heteroatoms. The summed E-state index contributed by atoms with van der Waals surface area (Å²) >= 11 is 0. The maximum Gasteiger partial charge on any atom is 0.240 e. The van der Waals surface area contributed by atoms with Crippen LogP contribution in [0.15, 0.2) is 17.0 Å². The van der Waals surface area contributed by atoms with Crippen molar-refractivity contribution in [2.24, 2.45) is 0 Å². The van der Waals surface area contributed by atoms with Crippen LogP contribution >= 0.6 is 0 Å². The zero-order chi connectivity index (χ0) is 14.0. The van der Waals surface area contributed by atoms with Crippen molar-refractivity contribution in [3.63, 3.8) is 0 Å². The van der Waals surface area contributed by atoms with Crippen LogP contribution < -0.4 is 14.4 Å². The molecule has 106 valence electrons. The SMILES string of the molecule is CCCNS(=O)(=O)c1cc2c(cc1C)N(C)CCO2. The summed E-state index contributed by atoms with van der Waals surface area (Å²) in [5.74, 6) is 0.635. The highest BCUT2D eigenvalue weighted by molar-refractivity contribution is 7.89. The number of hydrogen-bond donors (Lipinski definition) is 1. The van der Waals surface area contributed by atoms with E-state index in [1.54, 1.807) is 6.07 Å². The number of likely N-dealkylation sites (N-methyl/N-ethyl adjacent to an activating group) is 1. The van der Waals surface area contributed by atoms with E-state index in [9.17, 15) is 8.42 Å². The van der Waals surface area contributed by atoms with Crippen molar-refractivity contribution in [2.45, 2.75) is 25.2 Å². The molecular formula is C13H20N2O3S. The normalized spacial score (nSPS) is 15.0. The van der Waals surface area contributed by atoms with E-state index in [0.29, 0.717) is 23.8 Å². The third-order valence-corrected chi connectivity index (χ3v) is 4.79. The number of hydrogen-bond acceptors (Lipinski definition) is 4. The van der Waals surface area contributed by atoms with Gasteiger partial charge < -0.3 is 9.64 Å². The first kappa shape index (κ1) is 14.1. The Kier molecular flexibility index (Phi) is 4.01. The fraction of sp³-hybridized carbons (Fsp3) is 0.538. The van der Waals surface area contributed by atoms with Crippen molar-refractivity contribution in [1.82, 2.24) is 4.72 Å². The average Bonchev–Trinajstić information content (AvgIpc) is 2.37. The largest absolute Gasteiger partial charge is 0.490 e. The molecule has 0 fully saturated rings. The third-order valence-electron chi connectivity index (χ3n) is 3.18. The fourth-order valence-electron chi connectivity index (χ4n) is 2.08. The van der Waals surface area contributed by atoms with Crippen LogP contribution in [0.4, 0.5) is 5.69 Å². The lowest BCUT2D eigenvalue weighted by molar-refractivity contribution is 0.310. The Hall–Kier alpha value is -1.27. The Bertz CT molecular complexity index is 569. The van der Waals surface area contributed by atoms with Gasteiger partial charge in [-0.2, -0.15) is 0 Å². The number of aryl methyl sites for hydroxylation is 1. The van der Waals surface area contributed by atoms with E-state index in [-0.39, 0.29) is 0 Å². The van der Waals surface area contributed by atoms with Gasteiger partial charge in [-0.1, -0.05) is 6.92 Å². The van der Waals surface area contributed by atoms with Crippen molar-refractivity contribution in [3.8, 4) is 5.75 Å². The van der Waals surface area contributed by atoms with Gasteiger partial charge in [0, 0.05) is 19.7 Å². The zero-order valence-electron chi connectivity index (χ0n) is 11.6. The predicted molar refractivity (Wildman–Crippen MR) is 75.4 cm³/mol. The van der Waals surface area contributed by atoms with Crippen molar-refractivity contribution < 1.29 is 13.2 Å². The van der Waals surface area contributed by atoms with Gasteiger partial charge >= 0.3 is 0 Å². The lowest BCUT2D eigenvalue weighted by atomic mass is 10.2. The summed E-state index contributed by atoms with van der Waals surface area (Å²) in [7, 11) is -1.48. The minimum Gasteiger partial charge on any atom is -0.490 e. The van der Waals surface area contributed by atoms with Crippen LogP contribution in [0.2, 0.25) is 0 Å². The third kappa shape index (κ3) is 2.84. The number of nitrogens with one attached hydrogen (secondary N) is 1. The lowest BCUT2D eigenvalue weighted by Crippen LogP contribution is -2.30. The molecular weight excluding hydrogens is 264 g/mol. The Labute approximate surface area is 114 Å². The number of nitrogens with zero attached hydrogens (tertiary/aromatic N) is 1. The number of anilines is 1. The van der Waals surface area contributed by atoms with Gasteiger partial charge in [0.1, 0.15) is 12.4 Å². The first-order valence-electron chi connectivity index (χ1n) is 6.44. The van der Waals surface area contributed by atoms with Crippen molar-refractivity contribution in [3.05, 3.63) is 17.7 Å². The standard InChI is InChI=1S/C13H20N2O3S/c1-4-5-14-19(16,17)13-9-12-11(8-10(13)2)15(3)6-7-18-12/h8-9,14H,4-7H2,1-3H3. The van der Waals surface area contributed by atoms with E-state index in [0.717, 1.165) is 24.2 Å². The molecule has 0 aromatic heterocycles. The number of ether oxygens (including phenoxy) is 1. The van der Waals surface area contributed by atoms with Gasteiger partial charge in [0.2, 0.25) is 10.0 Å². The van der Waals surface area contributed by atoms with Gasteiger partial charge in [-0.25, -0.2) is 13.1 Å². The molecule has 0 radical (unpaired) electrons. The summed E-state index contributed by atoms with van der Waals surface area (Å²) in [6.07, 6.45) is 0.766. The van der Waals surface area contributed by atoms with Crippen LogP contribution in [0.1, 0.15) is 18.9 Å². The van der Waals surface area contributed by atoms with Crippen molar-refractivity contribution >= 4 is 15.7 Å². The van der Waals surface area contributed by atoms with E-state index >= 15 is 0 Å². The molecule has 0 saturated heterocycles. The molecule has 19 heavy (non-hydrogen) atoms. The molecule has 1 heterocycles. The van der Waals surface area contributed by atoms with Crippen LogP contribution in [-0.4, -0.2) is 35.2 Å². The van der Waals surface area contributed by atoms with E-state index in [4.69, 9.17) is 4.74 Å². The highest BCUT2D eigenvalue weighted by atomic mass is 32.2. The molecule has 2 rings (SSSR count). The number of rotatable bonds is 4. The summed E-state index contributed by atoms with van der Waals surface area (Å²) in [6.45, 7) is 5.57. The summed E-state index contributed by atoms with van der Waals surface area (Å²) in [5, 5.41) is 0. The molecule has 0 aliphatic carbocycles. The zero-order valence-corrected chi connectivity index (χ0v) is 12.4. The molecule has 0 spiro atoms. The maximum atomic E-state index is 12.2. The second kappa shape index (κ2) is 5.38. The fourth-order valence-corrected chi connectivity index (χ4v) is 3.46. The molecule has 5 nitrogen and oxygen atoms in total. The Morgan fingerprint density at radius 1 is 1.42 bits per heavy atom. The van der Waals surface area contributed by atoms with E-state index < -0.39 is 10.0 Å². The van der Waals surface area contributed by atoms with Gasteiger partial charge in [0.05, 0.1) is 17.1 Å². The monoisotopic (exact) mass is 284 g/mol. The van der Waals surface area contributed by atoms with Gasteiger partial charge in [-0.3, -0.25) is 0 Å².